The molecule has 3 heteroatoms. The van der Waals surface area contributed by atoms with Gasteiger partial charge in [0.25, 0.3) is 0 Å². The lowest BCUT2D eigenvalue weighted by atomic mass is 9.85. The Labute approximate surface area is 170 Å². The fourth-order valence-corrected chi connectivity index (χ4v) is 3.69. The number of allylic oxidation sites excluding steroid dienone is 1. The quantitative estimate of drug-likeness (QED) is 0.408. The smallest absolute Gasteiger partial charge is 0.193 e. The van der Waals surface area contributed by atoms with Crippen LogP contribution in [-0.2, 0) is 0 Å². The predicted octanol–water partition coefficient (Wildman–Crippen LogP) is 5.91. The highest BCUT2D eigenvalue weighted by Crippen LogP contribution is 2.37. The van der Waals surface area contributed by atoms with E-state index < -0.39 is 0 Å². The minimum Gasteiger partial charge on any atom is -0.298 e. The van der Waals surface area contributed by atoms with Gasteiger partial charge in [-0.05, 0) is 43.0 Å². The molecule has 0 atom stereocenters. The second-order valence-corrected chi connectivity index (χ2v) is 7.10. The van der Waals surface area contributed by atoms with Crippen LogP contribution < -0.4 is 0 Å². The lowest BCUT2D eigenvalue weighted by Crippen LogP contribution is -2.08. The Kier molecular flexibility index (Phi) is 5.30. The third kappa shape index (κ3) is 3.72. The first-order chi connectivity index (χ1) is 14.2. The van der Waals surface area contributed by atoms with Gasteiger partial charge in [-0.1, -0.05) is 60.7 Å². The van der Waals surface area contributed by atoms with E-state index in [1.54, 1.807) is 18.2 Å². The second-order valence-electron chi connectivity index (χ2n) is 7.10. The predicted molar refractivity (Wildman–Crippen MR) is 118 cm³/mol. The van der Waals surface area contributed by atoms with Crippen molar-refractivity contribution in [3.8, 4) is 11.1 Å². The maximum Gasteiger partial charge on any atom is 0.193 e. The number of hydrogen-bond donors (Lipinski definition) is 0. The Morgan fingerprint density at radius 2 is 1.69 bits per heavy atom. The molecule has 3 aromatic rings. The van der Waals surface area contributed by atoms with Gasteiger partial charge in [-0.2, -0.15) is 0 Å². The summed E-state index contributed by atoms with van der Waals surface area (Å²) in [6, 6.07) is 20.7. The molecule has 29 heavy (non-hydrogen) atoms. The number of rotatable bonds is 5. The number of carbonyl (C=O) groups excluding carboxylic acids is 2. The van der Waals surface area contributed by atoms with Crippen molar-refractivity contribution in [2.75, 3.05) is 0 Å². The lowest BCUT2D eigenvalue weighted by molar-refractivity contribution is 0.103. The van der Waals surface area contributed by atoms with Crippen LogP contribution >= 0.6 is 0 Å². The Hall–Kier alpha value is -3.59. The first-order valence-corrected chi connectivity index (χ1v) is 9.71. The van der Waals surface area contributed by atoms with Crippen molar-refractivity contribution in [1.82, 2.24) is 0 Å². The molecule has 0 aromatic heterocycles. The average Bonchev–Trinajstić information content (AvgIpc) is 2.79. The van der Waals surface area contributed by atoms with Gasteiger partial charge in [-0.3, -0.25) is 14.6 Å². The van der Waals surface area contributed by atoms with Gasteiger partial charge in [-0.15, -0.1) is 0 Å². The van der Waals surface area contributed by atoms with E-state index in [9.17, 15) is 9.59 Å². The lowest BCUT2D eigenvalue weighted by Gasteiger charge is -2.19. The van der Waals surface area contributed by atoms with Crippen LogP contribution in [0.1, 0.15) is 50.2 Å². The van der Waals surface area contributed by atoms with Crippen LogP contribution in [0.4, 0.5) is 0 Å². The second kappa shape index (κ2) is 8.19. The first kappa shape index (κ1) is 18.8. The van der Waals surface area contributed by atoms with E-state index in [1.165, 1.54) is 0 Å². The van der Waals surface area contributed by atoms with E-state index in [4.69, 9.17) is 0 Å². The number of aryl methyl sites for hydroxylation is 1. The van der Waals surface area contributed by atoms with Gasteiger partial charge in [0.1, 0.15) is 6.29 Å². The van der Waals surface area contributed by atoms with E-state index in [-0.39, 0.29) is 5.78 Å². The Bertz CT molecular complexity index is 1140. The van der Waals surface area contributed by atoms with E-state index in [1.807, 2.05) is 61.7 Å². The van der Waals surface area contributed by atoms with Crippen molar-refractivity contribution in [2.45, 2.75) is 19.8 Å². The molecular formula is C26H21NO2. The molecule has 4 rings (SSSR count). The molecule has 142 valence electrons. The van der Waals surface area contributed by atoms with Crippen molar-refractivity contribution < 1.29 is 9.59 Å². The van der Waals surface area contributed by atoms with Gasteiger partial charge < -0.3 is 0 Å². The number of benzene rings is 3. The van der Waals surface area contributed by atoms with Gasteiger partial charge in [0.2, 0.25) is 0 Å². The molecule has 1 heterocycles. The monoisotopic (exact) mass is 379 g/mol. The maximum atomic E-state index is 13.5. The van der Waals surface area contributed by atoms with Crippen molar-refractivity contribution in [3.05, 3.63) is 101 Å². The van der Waals surface area contributed by atoms with Crippen LogP contribution in [0, 0.1) is 6.92 Å². The fraction of sp³-hybridized carbons (Fsp3) is 0.115. The zero-order valence-corrected chi connectivity index (χ0v) is 16.3. The van der Waals surface area contributed by atoms with Crippen molar-refractivity contribution in [3.63, 3.8) is 0 Å². The molecule has 0 spiro atoms. The number of aldehydes is 1. The Balaban J connectivity index is 2.04. The standard InChI is InChI=1S/C26H21NO2/c1-18-9-5-6-12-21(18)25-22(24-13-7-8-14-27-24)15-19(17-28)16-23(25)26(29)20-10-3-2-4-11-20/h2-6,9-17H,7-8H2,1H3. The zero-order valence-electron chi connectivity index (χ0n) is 16.3. The summed E-state index contributed by atoms with van der Waals surface area (Å²) >= 11 is 0. The summed E-state index contributed by atoms with van der Waals surface area (Å²) in [6.07, 6.45) is 6.54. The molecule has 0 bridgehead atoms. The normalized spacial score (nSPS) is 13.1. The van der Waals surface area contributed by atoms with Gasteiger partial charge in [-0.25, -0.2) is 0 Å². The summed E-state index contributed by atoms with van der Waals surface area (Å²) in [5, 5.41) is 0. The largest absolute Gasteiger partial charge is 0.298 e. The maximum absolute atomic E-state index is 13.5. The molecule has 1 aliphatic rings. The van der Waals surface area contributed by atoms with Crippen molar-refractivity contribution >= 4 is 24.0 Å². The number of carbonyl (C=O) groups is 2. The van der Waals surface area contributed by atoms with Gasteiger partial charge in [0, 0.05) is 34.0 Å². The Morgan fingerprint density at radius 1 is 0.931 bits per heavy atom. The van der Waals surface area contributed by atoms with E-state index >= 15 is 0 Å². The summed E-state index contributed by atoms with van der Waals surface area (Å²) < 4.78 is 0. The van der Waals surface area contributed by atoms with E-state index in [2.05, 4.69) is 11.1 Å². The molecule has 0 N–H and O–H groups in total. The van der Waals surface area contributed by atoms with Gasteiger partial charge in [0.05, 0.1) is 5.70 Å². The van der Waals surface area contributed by atoms with Crippen LogP contribution in [0.15, 0.2) is 77.8 Å². The van der Waals surface area contributed by atoms with Crippen LogP contribution in [0.2, 0.25) is 0 Å². The summed E-state index contributed by atoms with van der Waals surface area (Å²) in [5.74, 6) is -0.103. The summed E-state index contributed by atoms with van der Waals surface area (Å²) in [7, 11) is 0. The topological polar surface area (TPSA) is 46.5 Å². The fourth-order valence-electron chi connectivity index (χ4n) is 3.69. The Morgan fingerprint density at radius 3 is 2.38 bits per heavy atom. The molecule has 0 fully saturated rings. The third-order valence-corrected chi connectivity index (χ3v) is 5.13. The number of hydrogen-bond acceptors (Lipinski definition) is 3. The minimum atomic E-state index is -0.103. The molecule has 0 saturated heterocycles. The van der Waals surface area contributed by atoms with Crippen LogP contribution in [0.25, 0.3) is 16.8 Å². The molecule has 1 aliphatic heterocycles. The summed E-state index contributed by atoms with van der Waals surface area (Å²) in [4.78, 5) is 29.8. The molecular weight excluding hydrogens is 358 g/mol. The van der Waals surface area contributed by atoms with Crippen LogP contribution in [-0.4, -0.2) is 18.3 Å². The zero-order chi connectivity index (χ0) is 20.2. The van der Waals surface area contributed by atoms with Crippen molar-refractivity contribution in [1.29, 1.82) is 0 Å². The number of aliphatic imine (C=N–C) groups is 1. The molecule has 0 aliphatic carbocycles. The van der Waals surface area contributed by atoms with Crippen molar-refractivity contribution in [2.24, 2.45) is 4.99 Å². The summed E-state index contributed by atoms with van der Waals surface area (Å²) in [6.45, 7) is 2.03. The van der Waals surface area contributed by atoms with Crippen LogP contribution in [0.5, 0.6) is 0 Å². The molecule has 0 unspecified atom stereocenters. The van der Waals surface area contributed by atoms with Crippen LogP contribution in [0.3, 0.4) is 0 Å². The average molecular weight is 379 g/mol. The third-order valence-electron chi connectivity index (χ3n) is 5.13. The molecule has 0 saturated carbocycles. The number of nitrogens with zero attached hydrogens (tertiary/aromatic N) is 1. The molecule has 0 radical (unpaired) electrons. The number of ketones is 1. The highest BCUT2D eigenvalue weighted by molar-refractivity contribution is 6.15. The van der Waals surface area contributed by atoms with E-state index in [0.717, 1.165) is 47.1 Å². The molecule has 3 nitrogen and oxygen atoms in total. The minimum absolute atomic E-state index is 0.103. The highest BCUT2D eigenvalue weighted by Gasteiger charge is 2.22. The van der Waals surface area contributed by atoms with E-state index in [0.29, 0.717) is 16.7 Å². The molecule has 0 amide bonds. The summed E-state index contributed by atoms with van der Waals surface area (Å²) in [5.41, 5.74) is 6.07. The SMILES string of the molecule is Cc1ccccc1-c1c(C(=O)c2ccccc2)cc(C=O)cc1C1=CCCC=N1. The highest BCUT2D eigenvalue weighted by atomic mass is 16.1. The first-order valence-electron chi connectivity index (χ1n) is 9.71. The van der Waals surface area contributed by atoms with Gasteiger partial charge >= 0.3 is 0 Å². The molecule has 3 aromatic carbocycles. The van der Waals surface area contributed by atoms with Gasteiger partial charge in [0.15, 0.2) is 5.78 Å².